The molecule has 1 aromatic carbocycles. The van der Waals surface area contributed by atoms with Crippen LogP contribution in [0.15, 0.2) is 33.2 Å². The van der Waals surface area contributed by atoms with Crippen LogP contribution in [-0.2, 0) is 0 Å². The van der Waals surface area contributed by atoms with Crippen molar-refractivity contribution in [1.82, 2.24) is 0 Å². The Morgan fingerprint density at radius 2 is 1.76 bits per heavy atom. The zero-order chi connectivity index (χ0) is 15.4. The van der Waals surface area contributed by atoms with E-state index in [2.05, 4.69) is 15.9 Å². The number of furan rings is 1. The minimum Gasteiger partial charge on any atom is -0.490 e. The Labute approximate surface area is 132 Å². The lowest BCUT2D eigenvalue weighted by atomic mass is 10.1. The van der Waals surface area contributed by atoms with Crippen molar-refractivity contribution < 1.29 is 19.0 Å². The Balaban J connectivity index is 2.40. The Kier molecular flexibility index (Phi) is 5.31. The maximum absolute atomic E-state index is 10.5. The topological polar surface area (TPSA) is 51.8 Å². The number of hydrogen-bond donors (Lipinski definition) is 1. The number of aliphatic hydroxyl groups excluding tert-OH is 1. The molecule has 1 N–H and O–H groups in total. The molecule has 0 saturated heterocycles. The fourth-order valence-corrected chi connectivity index (χ4v) is 2.59. The lowest BCUT2D eigenvalue weighted by molar-refractivity contribution is 0.186. The average Bonchev–Trinajstić information content (AvgIpc) is 2.88. The van der Waals surface area contributed by atoms with Gasteiger partial charge in [-0.05, 0) is 45.0 Å². The summed E-state index contributed by atoms with van der Waals surface area (Å²) in [5.41, 5.74) is 0.677. The van der Waals surface area contributed by atoms with Gasteiger partial charge in [0.05, 0.1) is 13.2 Å². The highest BCUT2D eigenvalue weighted by Gasteiger charge is 2.20. The first-order valence-electron chi connectivity index (χ1n) is 6.90. The van der Waals surface area contributed by atoms with Crippen LogP contribution in [0.1, 0.15) is 37.0 Å². The summed E-state index contributed by atoms with van der Waals surface area (Å²) in [7, 11) is 0. The van der Waals surface area contributed by atoms with E-state index in [9.17, 15) is 5.11 Å². The van der Waals surface area contributed by atoms with Crippen LogP contribution in [0.25, 0.3) is 0 Å². The van der Waals surface area contributed by atoms with E-state index >= 15 is 0 Å². The number of rotatable bonds is 6. The lowest BCUT2D eigenvalue weighted by Gasteiger charge is -2.16. The van der Waals surface area contributed by atoms with Crippen LogP contribution in [-0.4, -0.2) is 18.3 Å². The fraction of sp³-hybridized carbons (Fsp3) is 0.375. The Bertz CT molecular complexity index is 606. The summed E-state index contributed by atoms with van der Waals surface area (Å²) in [6, 6.07) is 7.18. The molecule has 114 valence electrons. The van der Waals surface area contributed by atoms with Gasteiger partial charge in [0.15, 0.2) is 11.5 Å². The highest BCUT2D eigenvalue weighted by atomic mass is 79.9. The first-order chi connectivity index (χ1) is 10.1. The maximum atomic E-state index is 10.5. The van der Waals surface area contributed by atoms with Gasteiger partial charge in [0.2, 0.25) is 0 Å². The SMILES string of the molecule is CCOc1cc(Br)c(C(O)c2ccc(C)o2)cc1OCC. The van der Waals surface area contributed by atoms with E-state index in [0.717, 1.165) is 10.2 Å². The fourth-order valence-electron chi connectivity index (χ4n) is 2.05. The van der Waals surface area contributed by atoms with E-state index in [1.807, 2.05) is 32.9 Å². The molecule has 1 atom stereocenters. The predicted molar refractivity (Wildman–Crippen MR) is 84.0 cm³/mol. The second-order valence-corrected chi connectivity index (χ2v) is 5.39. The van der Waals surface area contributed by atoms with Gasteiger partial charge in [-0.15, -0.1) is 0 Å². The summed E-state index contributed by atoms with van der Waals surface area (Å²) in [5.74, 6) is 2.52. The standard InChI is InChI=1S/C16H19BrO4/c1-4-19-14-8-11(12(17)9-15(14)20-5-2)16(18)13-7-6-10(3)21-13/h6-9,16,18H,4-5H2,1-3H3. The number of aryl methyl sites for hydroxylation is 1. The predicted octanol–water partition coefficient (Wildman–Crippen LogP) is 4.23. The molecule has 2 rings (SSSR count). The van der Waals surface area contributed by atoms with Gasteiger partial charge in [-0.3, -0.25) is 0 Å². The molecule has 4 nitrogen and oxygen atoms in total. The quantitative estimate of drug-likeness (QED) is 0.843. The summed E-state index contributed by atoms with van der Waals surface area (Å²) in [6.07, 6.45) is -0.858. The Hall–Kier alpha value is -1.46. The van der Waals surface area contributed by atoms with E-state index in [-0.39, 0.29) is 0 Å². The lowest BCUT2D eigenvalue weighted by Crippen LogP contribution is -2.04. The number of aliphatic hydroxyl groups is 1. The zero-order valence-corrected chi connectivity index (χ0v) is 13.9. The second kappa shape index (κ2) is 7.00. The smallest absolute Gasteiger partial charge is 0.162 e. The number of benzene rings is 1. The van der Waals surface area contributed by atoms with Crippen molar-refractivity contribution in [3.63, 3.8) is 0 Å². The molecule has 0 fully saturated rings. The van der Waals surface area contributed by atoms with Gasteiger partial charge >= 0.3 is 0 Å². The average molecular weight is 355 g/mol. The van der Waals surface area contributed by atoms with Gasteiger partial charge in [0.25, 0.3) is 0 Å². The normalized spacial score (nSPS) is 12.2. The van der Waals surface area contributed by atoms with Gasteiger partial charge in [0, 0.05) is 10.0 Å². The molecule has 1 heterocycles. The Morgan fingerprint density at radius 3 is 2.29 bits per heavy atom. The van der Waals surface area contributed by atoms with E-state index in [0.29, 0.717) is 36.0 Å². The van der Waals surface area contributed by atoms with Crippen LogP contribution >= 0.6 is 15.9 Å². The number of halogens is 1. The molecule has 1 aromatic heterocycles. The molecular formula is C16H19BrO4. The third kappa shape index (κ3) is 3.60. The van der Waals surface area contributed by atoms with E-state index in [1.165, 1.54) is 0 Å². The van der Waals surface area contributed by atoms with Crippen molar-refractivity contribution in [3.8, 4) is 11.5 Å². The van der Waals surface area contributed by atoms with Crippen LogP contribution in [0.5, 0.6) is 11.5 Å². The van der Waals surface area contributed by atoms with Crippen molar-refractivity contribution in [2.45, 2.75) is 26.9 Å². The largest absolute Gasteiger partial charge is 0.490 e. The first-order valence-corrected chi connectivity index (χ1v) is 7.69. The number of hydrogen-bond acceptors (Lipinski definition) is 4. The highest BCUT2D eigenvalue weighted by Crippen LogP contribution is 2.38. The third-order valence-corrected chi connectivity index (χ3v) is 3.67. The molecular weight excluding hydrogens is 336 g/mol. The van der Waals surface area contributed by atoms with E-state index in [1.54, 1.807) is 12.1 Å². The molecule has 0 bridgehead atoms. The molecule has 21 heavy (non-hydrogen) atoms. The molecule has 0 saturated carbocycles. The van der Waals surface area contributed by atoms with Gasteiger partial charge in [-0.2, -0.15) is 0 Å². The second-order valence-electron chi connectivity index (χ2n) is 4.54. The highest BCUT2D eigenvalue weighted by molar-refractivity contribution is 9.10. The van der Waals surface area contributed by atoms with Crippen LogP contribution in [0.4, 0.5) is 0 Å². The van der Waals surface area contributed by atoms with Gasteiger partial charge in [-0.1, -0.05) is 15.9 Å². The van der Waals surface area contributed by atoms with Crippen molar-refractivity contribution in [2.75, 3.05) is 13.2 Å². The van der Waals surface area contributed by atoms with Gasteiger partial charge in [0.1, 0.15) is 17.6 Å². The van der Waals surface area contributed by atoms with Crippen molar-refractivity contribution in [1.29, 1.82) is 0 Å². The van der Waals surface area contributed by atoms with E-state index in [4.69, 9.17) is 13.9 Å². The molecule has 0 aliphatic carbocycles. The monoisotopic (exact) mass is 354 g/mol. The molecule has 0 amide bonds. The summed E-state index contributed by atoms with van der Waals surface area (Å²) >= 11 is 3.47. The summed E-state index contributed by atoms with van der Waals surface area (Å²) in [4.78, 5) is 0. The van der Waals surface area contributed by atoms with Crippen LogP contribution in [0.3, 0.4) is 0 Å². The zero-order valence-electron chi connectivity index (χ0n) is 12.4. The molecule has 0 spiro atoms. The Morgan fingerprint density at radius 1 is 1.14 bits per heavy atom. The van der Waals surface area contributed by atoms with Crippen molar-refractivity contribution >= 4 is 15.9 Å². The van der Waals surface area contributed by atoms with Crippen LogP contribution < -0.4 is 9.47 Å². The maximum Gasteiger partial charge on any atom is 0.162 e. The van der Waals surface area contributed by atoms with Gasteiger partial charge < -0.3 is 19.0 Å². The molecule has 0 aliphatic rings. The molecule has 1 unspecified atom stereocenters. The molecule has 0 aliphatic heterocycles. The first kappa shape index (κ1) is 15.9. The van der Waals surface area contributed by atoms with Crippen molar-refractivity contribution in [3.05, 3.63) is 45.8 Å². The van der Waals surface area contributed by atoms with E-state index < -0.39 is 6.10 Å². The summed E-state index contributed by atoms with van der Waals surface area (Å²) < 4.78 is 17.4. The molecule has 0 radical (unpaired) electrons. The minimum atomic E-state index is -0.858. The van der Waals surface area contributed by atoms with Crippen molar-refractivity contribution in [2.24, 2.45) is 0 Å². The molecule has 2 aromatic rings. The summed E-state index contributed by atoms with van der Waals surface area (Å²) in [5, 5.41) is 10.5. The summed E-state index contributed by atoms with van der Waals surface area (Å²) in [6.45, 7) is 6.74. The third-order valence-electron chi connectivity index (χ3n) is 2.99. The van der Waals surface area contributed by atoms with Crippen LogP contribution in [0, 0.1) is 6.92 Å². The van der Waals surface area contributed by atoms with Crippen LogP contribution in [0.2, 0.25) is 0 Å². The molecule has 5 heteroatoms. The van der Waals surface area contributed by atoms with Gasteiger partial charge in [-0.25, -0.2) is 0 Å². The minimum absolute atomic E-state index is 0.500. The number of ether oxygens (including phenoxy) is 2.